The Morgan fingerprint density at radius 1 is 1.52 bits per heavy atom. The van der Waals surface area contributed by atoms with E-state index in [-0.39, 0.29) is 24.1 Å². The molecule has 0 radical (unpaired) electrons. The van der Waals surface area contributed by atoms with Crippen LogP contribution in [0.15, 0.2) is 27.7 Å². The van der Waals surface area contributed by atoms with Crippen molar-refractivity contribution >= 4 is 38.7 Å². The zero-order valence-electron chi connectivity index (χ0n) is 14.5. The van der Waals surface area contributed by atoms with Gasteiger partial charge in [-0.2, -0.15) is 0 Å². The minimum Gasteiger partial charge on any atom is -0.460 e. The van der Waals surface area contributed by atoms with Gasteiger partial charge in [0.2, 0.25) is 0 Å². The molecule has 4 nitrogen and oxygen atoms in total. The monoisotopic (exact) mass is 429 g/mol. The standard InChI is InChI=1S/C18H21BrFNO3S/c1-17(2,3)24-16(22)7-15-21-18(10-23-8-11(18)9-25-15)13-6-12(19)4-5-14(13)20/h4-6,11H,7-10H2,1-3H3/t11-,18-/m1/s1. The lowest BCUT2D eigenvalue weighted by Gasteiger charge is -2.35. The van der Waals surface area contributed by atoms with Crippen LogP contribution in [0.1, 0.15) is 32.8 Å². The maximum Gasteiger partial charge on any atom is 0.312 e. The first kappa shape index (κ1) is 18.9. The van der Waals surface area contributed by atoms with Gasteiger partial charge in [0.05, 0.1) is 24.7 Å². The molecule has 0 bridgehead atoms. The van der Waals surface area contributed by atoms with Crippen LogP contribution in [0.4, 0.5) is 4.39 Å². The molecule has 0 saturated carbocycles. The molecule has 2 aliphatic rings. The molecule has 0 spiro atoms. The maximum atomic E-state index is 14.6. The van der Waals surface area contributed by atoms with Crippen molar-refractivity contribution in [3.8, 4) is 0 Å². The number of hydrogen-bond acceptors (Lipinski definition) is 5. The first-order chi connectivity index (χ1) is 11.7. The van der Waals surface area contributed by atoms with E-state index in [4.69, 9.17) is 14.5 Å². The molecule has 3 rings (SSSR count). The smallest absolute Gasteiger partial charge is 0.312 e. The quantitative estimate of drug-likeness (QED) is 0.671. The van der Waals surface area contributed by atoms with E-state index in [1.807, 2.05) is 20.8 Å². The van der Waals surface area contributed by atoms with Gasteiger partial charge in [0.1, 0.15) is 17.0 Å². The van der Waals surface area contributed by atoms with Crippen molar-refractivity contribution in [2.45, 2.75) is 38.3 Å². The summed E-state index contributed by atoms with van der Waals surface area (Å²) in [6.07, 6.45) is 0.103. The fraction of sp³-hybridized carbons (Fsp3) is 0.556. The van der Waals surface area contributed by atoms with Crippen LogP contribution in [0.5, 0.6) is 0 Å². The van der Waals surface area contributed by atoms with Crippen molar-refractivity contribution in [3.63, 3.8) is 0 Å². The minimum atomic E-state index is -0.767. The average Bonchev–Trinajstić information content (AvgIpc) is 2.91. The molecule has 2 heterocycles. The lowest BCUT2D eigenvalue weighted by atomic mass is 9.81. The Morgan fingerprint density at radius 2 is 2.28 bits per heavy atom. The molecule has 0 N–H and O–H groups in total. The molecule has 0 amide bonds. The van der Waals surface area contributed by atoms with E-state index in [9.17, 15) is 9.18 Å². The first-order valence-corrected chi connectivity index (χ1v) is 9.94. The molecular formula is C18H21BrFNO3S. The third-order valence-corrected chi connectivity index (χ3v) is 5.83. The molecule has 25 heavy (non-hydrogen) atoms. The van der Waals surface area contributed by atoms with Gasteiger partial charge in [-0.25, -0.2) is 4.39 Å². The van der Waals surface area contributed by atoms with E-state index in [0.29, 0.717) is 23.8 Å². The number of carbonyl (C=O) groups excluding carboxylic acids is 1. The predicted octanol–water partition coefficient (Wildman–Crippen LogP) is 4.31. The van der Waals surface area contributed by atoms with Gasteiger partial charge in [0.15, 0.2) is 0 Å². The first-order valence-electron chi connectivity index (χ1n) is 8.16. The SMILES string of the molecule is CC(C)(C)OC(=O)CC1=N[C@]2(c3cc(Br)ccc3F)COC[C@@H]2CS1. The number of hydrogen-bond donors (Lipinski definition) is 0. The van der Waals surface area contributed by atoms with Gasteiger partial charge in [-0.15, -0.1) is 11.8 Å². The number of nitrogens with zero attached hydrogens (tertiary/aromatic N) is 1. The highest BCUT2D eigenvalue weighted by atomic mass is 79.9. The van der Waals surface area contributed by atoms with Crippen molar-refractivity contribution in [3.05, 3.63) is 34.1 Å². The van der Waals surface area contributed by atoms with Crippen LogP contribution in [0.25, 0.3) is 0 Å². The molecule has 0 aliphatic carbocycles. The van der Waals surface area contributed by atoms with Gasteiger partial charge in [-0.3, -0.25) is 9.79 Å². The molecule has 0 aromatic heterocycles. The largest absolute Gasteiger partial charge is 0.460 e. The fourth-order valence-electron chi connectivity index (χ4n) is 3.15. The second-order valence-electron chi connectivity index (χ2n) is 7.34. The highest BCUT2D eigenvalue weighted by molar-refractivity contribution is 9.10. The van der Waals surface area contributed by atoms with Gasteiger partial charge in [-0.1, -0.05) is 15.9 Å². The molecule has 2 aliphatic heterocycles. The summed E-state index contributed by atoms with van der Waals surface area (Å²) >= 11 is 4.94. The number of rotatable bonds is 3. The van der Waals surface area contributed by atoms with Gasteiger partial charge >= 0.3 is 5.97 Å². The van der Waals surface area contributed by atoms with Crippen molar-refractivity contribution in [2.75, 3.05) is 19.0 Å². The second-order valence-corrected chi connectivity index (χ2v) is 9.35. The lowest BCUT2D eigenvalue weighted by molar-refractivity contribution is -0.153. The van der Waals surface area contributed by atoms with Crippen molar-refractivity contribution < 1.29 is 18.7 Å². The Kier molecular flexibility index (Phi) is 5.28. The summed E-state index contributed by atoms with van der Waals surface area (Å²) in [5, 5.41) is 0.676. The molecule has 1 fully saturated rings. The fourth-order valence-corrected chi connectivity index (χ4v) is 4.73. The number of carbonyl (C=O) groups is 1. The average molecular weight is 430 g/mol. The highest BCUT2D eigenvalue weighted by Crippen LogP contribution is 2.46. The number of halogens is 2. The van der Waals surface area contributed by atoms with Crippen LogP contribution in [0.2, 0.25) is 0 Å². The van der Waals surface area contributed by atoms with Crippen molar-refractivity contribution in [1.29, 1.82) is 0 Å². The van der Waals surface area contributed by atoms with Crippen LogP contribution in [0.3, 0.4) is 0 Å². The molecule has 136 valence electrons. The third kappa shape index (κ3) is 4.09. The number of aliphatic imine (C=N–C) groups is 1. The summed E-state index contributed by atoms with van der Waals surface area (Å²) in [5.41, 5.74) is -0.785. The number of esters is 1. The summed E-state index contributed by atoms with van der Waals surface area (Å²) in [4.78, 5) is 17.0. The number of fused-ring (bicyclic) bond motifs is 1. The summed E-state index contributed by atoms with van der Waals surface area (Å²) < 4.78 is 26.4. The summed E-state index contributed by atoms with van der Waals surface area (Å²) in [7, 11) is 0. The van der Waals surface area contributed by atoms with E-state index in [2.05, 4.69) is 15.9 Å². The van der Waals surface area contributed by atoms with Crippen molar-refractivity contribution in [2.24, 2.45) is 10.9 Å². The lowest BCUT2D eigenvalue weighted by Crippen LogP contribution is -2.39. The van der Waals surface area contributed by atoms with Crippen LogP contribution in [-0.4, -0.2) is 35.6 Å². The zero-order valence-corrected chi connectivity index (χ0v) is 16.9. The normalized spacial score (nSPS) is 26.1. The third-order valence-electron chi connectivity index (χ3n) is 4.20. The Balaban J connectivity index is 1.93. The highest BCUT2D eigenvalue weighted by Gasteiger charge is 2.49. The molecule has 7 heteroatoms. The Morgan fingerprint density at radius 3 is 3.00 bits per heavy atom. The summed E-state index contributed by atoms with van der Waals surface area (Å²) in [6.45, 7) is 6.37. The topological polar surface area (TPSA) is 47.9 Å². The number of benzene rings is 1. The van der Waals surface area contributed by atoms with E-state index < -0.39 is 11.1 Å². The molecule has 0 unspecified atom stereocenters. The Bertz CT molecular complexity index is 719. The van der Waals surface area contributed by atoms with Crippen LogP contribution in [0, 0.1) is 11.7 Å². The summed E-state index contributed by atoms with van der Waals surface area (Å²) in [5.74, 6) is 0.212. The van der Waals surface area contributed by atoms with Gasteiger partial charge < -0.3 is 9.47 Å². The van der Waals surface area contributed by atoms with Gasteiger partial charge in [-0.05, 0) is 39.0 Å². The second kappa shape index (κ2) is 7.00. The minimum absolute atomic E-state index is 0.0867. The van der Waals surface area contributed by atoms with E-state index in [0.717, 1.165) is 10.2 Å². The molecule has 1 aromatic carbocycles. The van der Waals surface area contributed by atoms with Crippen LogP contribution < -0.4 is 0 Å². The van der Waals surface area contributed by atoms with E-state index in [1.165, 1.54) is 17.8 Å². The van der Waals surface area contributed by atoms with E-state index in [1.54, 1.807) is 12.1 Å². The Hall–Kier alpha value is -0.920. The summed E-state index contributed by atoms with van der Waals surface area (Å²) in [6, 6.07) is 4.87. The molecule has 1 saturated heterocycles. The Labute approximate surface area is 159 Å². The number of thioether (sulfide) groups is 1. The van der Waals surface area contributed by atoms with Crippen molar-refractivity contribution in [1.82, 2.24) is 0 Å². The maximum absolute atomic E-state index is 14.6. The van der Waals surface area contributed by atoms with Crippen LogP contribution >= 0.6 is 27.7 Å². The zero-order chi connectivity index (χ0) is 18.2. The van der Waals surface area contributed by atoms with Gasteiger partial charge in [0, 0.05) is 21.7 Å². The number of ether oxygens (including phenoxy) is 2. The molecule has 2 atom stereocenters. The molecule has 1 aromatic rings. The predicted molar refractivity (Wildman–Crippen MR) is 100 cm³/mol. The van der Waals surface area contributed by atoms with E-state index >= 15 is 0 Å². The van der Waals surface area contributed by atoms with Crippen LogP contribution in [-0.2, 0) is 19.8 Å². The van der Waals surface area contributed by atoms with Gasteiger partial charge in [0.25, 0.3) is 0 Å². The molecular weight excluding hydrogens is 409 g/mol.